The number of nitrogens with zero attached hydrogens (tertiary/aromatic N) is 3. The van der Waals surface area contributed by atoms with Gasteiger partial charge < -0.3 is 5.32 Å². The summed E-state index contributed by atoms with van der Waals surface area (Å²) in [5.74, 6) is -0.149. The Hall–Kier alpha value is -2.87. The Labute approximate surface area is 188 Å². The fourth-order valence-electron chi connectivity index (χ4n) is 4.03. The summed E-state index contributed by atoms with van der Waals surface area (Å²) in [5.41, 5.74) is 0.870. The van der Waals surface area contributed by atoms with Gasteiger partial charge in [-0.2, -0.15) is 18.3 Å². The Morgan fingerprint density at radius 2 is 1.81 bits per heavy atom. The Morgan fingerprint density at radius 1 is 1.09 bits per heavy atom. The minimum absolute atomic E-state index is 0.00729. The highest BCUT2D eigenvalue weighted by Crippen LogP contribution is 2.32. The second-order valence-corrected chi connectivity index (χ2v) is 8.45. The van der Waals surface area contributed by atoms with Gasteiger partial charge in [-0.05, 0) is 68.0 Å². The number of benzene rings is 1. The molecular formula is C23H22ClF3N4O. The standard InChI is InChI=1S/C23H22ClF3N4O/c24-20-6-3-17(23(25,26)27)13-19(20)22(32)29-18-4-1-15(2-5-18)14-31-12-9-21(30-31)16-7-10-28-11-8-16/h3,6-13,15,18H,1-2,4-5,14H2,(H,29,32). The van der Waals surface area contributed by atoms with E-state index in [-0.39, 0.29) is 16.6 Å². The minimum Gasteiger partial charge on any atom is -0.349 e. The maximum Gasteiger partial charge on any atom is 0.416 e. The van der Waals surface area contributed by atoms with Crippen LogP contribution in [0.4, 0.5) is 13.2 Å². The number of aromatic nitrogens is 3. The summed E-state index contributed by atoms with van der Waals surface area (Å²) in [5, 5.41) is 7.48. The summed E-state index contributed by atoms with van der Waals surface area (Å²) in [6, 6.07) is 8.50. The molecule has 0 atom stereocenters. The molecule has 0 radical (unpaired) electrons. The van der Waals surface area contributed by atoms with Gasteiger partial charge in [-0.1, -0.05) is 11.6 Å². The smallest absolute Gasteiger partial charge is 0.349 e. The summed E-state index contributed by atoms with van der Waals surface area (Å²) < 4.78 is 40.8. The van der Waals surface area contributed by atoms with E-state index in [0.29, 0.717) is 5.92 Å². The van der Waals surface area contributed by atoms with Crippen LogP contribution in [0.2, 0.25) is 5.02 Å². The molecule has 0 aliphatic heterocycles. The highest BCUT2D eigenvalue weighted by molar-refractivity contribution is 6.33. The van der Waals surface area contributed by atoms with E-state index in [1.165, 1.54) is 0 Å². The van der Waals surface area contributed by atoms with Crippen molar-refractivity contribution in [3.63, 3.8) is 0 Å². The van der Waals surface area contributed by atoms with Crippen LogP contribution in [0, 0.1) is 5.92 Å². The van der Waals surface area contributed by atoms with Gasteiger partial charge in [0.1, 0.15) is 0 Å². The molecule has 2 heterocycles. The molecule has 168 valence electrons. The first-order valence-corrected chi connectivity index (χ1v) is 10.8. The molecule has 0 unspecified atom stereocenters. The minimum atomic E-state index is -4.53. The molecule has 0 bridgehead atoms. The summed E-state index contributed by atoms with van der Waals surface area (Å²) in [6.45, 7) is 0.783. The van der Waals surface area contributed by atoms with Crippen molar-refractivity contribution in [2.75, 3.05) is 0 Å². The summed E-state index contributed by atoms with van der Waals surface area (Å²) in [6.07, 6.45) is 4.20. The van der Waals surface area contributed by atoms with E-state index in [2.05, 4.69) is 15.4 Å². The number of carbonyl (C=O) groups excluding carboxylic acids is 1. The van der Waals surface area contributed by atoms with E-state index < -0.39 is 17.6 Å². The largest absolute Gasteiger partial charge is 0.416 e. The molecule has 5 nitrogen and oxygen atoms in total. The number of halogens is 4. The van der Waals surface area contributed by atoms with Crippen molar-refractivity contribution in [3.8, 4) is 11.3 Å². The number of nitrogens with one attached hydrogen (secondary N) is 1. The van der Waals surface area contributed by atoms with Crippen LogP contribution < -0.4 is 5.32 Å². The highest BCUT2D eigenvalue weighted by Gasteiger charge is 2.32. The van der Waals surface area contributed by atoms with Crippen molar-refractivity contribution >= 4 is 17.5 Å². The van der Waals surface area contributed by atoms with E-state index in [4.69, 9.17) is 11.6 Å². The second-order valence-electron chi connectivity index (χ2n) is 8.04. The molecule has 0 saturated heterocycles. The molecule has 1 amide bonds. The van der Waals surface area contributed by atoms with E-state index >= 15 is 0 Å². The van der Waals surface area contributed by atoms with Gasteiger partial charge in [0.05, 0.1) is 21.8 Å². The third-order valence-corrected chi connectivity index (χ3v) is 6.11. The number of pyridine rings is 1. The molecule has 9 heteroatoms. The lowest BCUT2D eigenvalue weighted by Crippen LogP contribution is -2.38. The van der Waals surface area contributed by atoms with Crippen LogP contribution in [0.1, 0.15) is 41.6 Å². The summed E-state index contributed by atoms with van der Waals surface area (Å²) in [7, 11) is 0. The van der Waals surface area contributed by atoms with Gasteiger partial charge in [0.25, 0.3) is 5.91 Å². The Morgan fingerprint density at radius 3 is 2.50 bits per heavy atom. The maximum atomic E-state index is 13.0. The predicted molar refractivity (Wildman–Crippen MR) is 115 cm³/mol. The quantitative estimate of drug-likeness (QED) is 0.536. The van der Waals surface area contributed by atoms with Gasteiger partial charge in [-0.25, -0.2) is 0 Å². The van der Waals surface area contributed by atoms with Gasteiger partial charge in [0, 0.05) is 36.7 Å². The van der Waals surface area contributed by atoms with Crippen LogP contribution in [0.5, 0.6) is 0 Å². The number of hydrogen-bond acceptors (Lipinski definition) is 3. The molecule has 1 aromatic carbocycles. The van der Waals surface area contributed by atoms with Gasteiger partial charge in [0.2, 0.25) is 0 Å². The predicted octanol–water partition coefficient (Wildman–Crippen LogP) is 5.61. The second kappa shape index (κ2) is 9.32. The van der Waals surface area contributed by atoms with Crippen molar-refractivity contribution in [2.45, 2.75) is 44.4 Å². The molecule has 1 fully saturated rings. The average Bonchev–Trinajstić information content (AvgIpc) is 3.24. The third-order valence-electron chi connectivity index (χ3n) is 5.78. The number of rotatable bonds is 5. The van der Waals surface area contributed by atoms with E-state index in [1.807, 2.05) is 29.1 Å². The van der Waals surface area contributed by atoms with E-state index in [9.17, 15) is 18.0 Å². The topological polar surface area (TPSA) is 59.8 Å². The van der Waals surface area contributed by atoms with Crippen LogP contribution >= 0.6 is 11.6 Å². The third kappa shape index (κ3) is 5.30. The van der Waals surface area contributed by atoms with Crippen molar-refractivity contribution in [1.82, 2.24) is 20.1 Å². The molecular weight excluding hydrogens is 441 g/mol. The normalized spacial score (nSPS) is 19.0. The number of carbonyl (C=O) groups is 1. The Balaban J connectivity index is 1.31. The van der Waals surface area contributed by atoms with Crippen LogP contribution in [0.3, 0.4) is 0 Å². The Bertz CT molecular complexity index is 1080. The molecule has 1 aliphatic rings. The van der Waals surface area contributed by atoms with Crippen LogP contribution in [-0.2, 0) is 12.7 Å². The van der Waals surface area contributed by atoms with E-state index in [0.717, 1.165) is 61.7 Å². The molecule has 1 aliphatic carbocycles. The fourth-order valence-corrected chi connectivity index (χ4v) is 4.24. The zero-order valence-electron chi connectivity index (χ0n) is 17.1. The lowest BCUT2D eigenvalue weighted by atomic mass is 9.86. The number of alkyl halides is 3. The van der Waals surface area contributed by atoms with Crippen molar-refractivity contribution in [1.29, 1.82) is 0 Å². The zero-order chi connectivity index (χ0) is 22.7. The number of hydrogen-bond donors (Lipinski definition) is 1. The van der Waals surface area contributed by atoms with Crippen LogP contribution in [-0.4, -0.2) is 26.7 Å². The first kappa shape index (κ1) is 22.3. The highest BCUT2D eigenvalue weighted by atomic mass is 35.5. The summed E-state index contributed by atoms with van der Waals surface area (Å²) in [4.78, 5) is 16.6. The lowest BCUT2D eigenvalue weighted by molar-refractivity contribution is -0.137. The fraction of sp³-hybridized carbons (Fsp3) is 0.348. The average molecular weight is 463 g/mol. The molecule has 2 aromatic heterocycles. The monoisotopic (exact) mass is 462 g/mol. The van der Waals surface area contributed by atoms with Gasteiger partial charge >= 0.3 is 6.18 Å². The van der Waals surface area contributed by atoms with Gasteiger partial charge in [-0.15, -0.1) is 0 Å². The maximum absolute atomic E-state index is 13.0. The molecule has 3 aromatic rings. The molecule has 4 rings (SSSR count). The van der Waals surface area contributed by atoms with Crippen molar-refractivity contribution in [2.24, 2.45) is 5.92 Å². The van der Waals surface area contributed by atoms with Crippen LogP contribution in [0.25, 0.3) is 11.3 Å². The first-order chi connectivity index (χ1) is 15.3. The SMILES string of the molecule is O=C(NC1CCC(Cn2ccc(-c3ccncc3)n2)CC1)c1cc(C(F)(F)F)ccc1Cl. The summed E-state index contributed by atoms with van der Waals surface area (Å²) >= 11 is 5.98. The van der Waals surface area contributed by atoms with Crippen molar-refractivity contribution < 1.29 is 18.0 Å². The molecule has 32 heavy (non-hydrogen) atoms. The molecule has 1 saturated carbocycles. The lowest BCUT2D eigenvalue weighted by Gasteiger charge is -2.29. The van der Waals surface area contributed by atoms with E-state index in [1.54, 1.807) is 12.4 Å². The Kier molecular flexibility index (Phi) is 6.50. The first-order valence-electron chi connectivity index (χ1n) is 10.4. The van der Waals surface area contributed by atoms with Crippen molar-refractivity contribution in [3.05, 3.63) is 71.1 Å². The van der Waals surface area contributed by atoms with Gasteiger partial charge in [0.15, 0.2) is 0 Å². The molecule has 1 N–H and O–H groups in total. The zero-order valence-corrected chi connectivity index (χ0v) is 17.9. The molecule has 0 spiro atoms. The van der Waals surface area contributed by atoms with Gasteiger partial charge in [-0.3, -0.25) is 14.5 Å². The van der Waals surface area contributed by atoms with Crippen LogP contribution in [0.15, 0.2) is 55.0 Å². The number of amides is 1.